The van der Waals surface area contributed by atoms with Gasteiger partial charge in [-0.25, -0.2) is 0 Å². The van der Waals surface area contributed by atoms with Gasteiger partial charge in [0.1, 0.15) is 6.29 Å². The largest absolute Gasteiger partial charge is 0.321 e. The Morgan fingerprint density at radius 1 is 0.909 bits per heavy atom. The van der Waals surface area contributed by atoms with Crippen LogP contribution in [0.15, 0.2) is 54.6 Å². The zero-order valence-electron chi connectivity index (χ0n) is 12.3. The summed E-state index contributed by atoms with van der Waals surface area (Å²) < 4.78 is 0. The Labute approximate surface area is 130 Å². The lowest BCUT2D eigenvalue weighted by Crippen LogP contribution is -2.32. The van der Waals surface area contributed by atoms with Crippen molar-refractivity contribution >= 4 is 12.1 Å². The van der Waals surface area contributed by atoms with Crippen LogP contribution in [0.4, 0.5) is 0 Å². The molecule has 22 heavy (non-hydrogen) atoms. The molecular formula is C18H20N2O2. The number of nitrogens with two attached hydrogens (primary N) is 2. The van der Waals surface area contributed by atoms with E-state index in [1.807, 2.05) is 42.5 Å². The minimum atomic E-state index is -0.564. The van der Waals surface area contributed by atoms with Crippen molar-refractivity contribution in [3.8, 4) is 0 Å². The Balaban J connectivity index is 2.01. The van der Waals surface area contributed by atoms with Crippen LogP contribution in [0.25, 0.3) is 0 Å². The number of carbonyl (C=O) groups excluding carboxylic acids is 2. The van der Waals surface area contributed by atoms with Crippen molar-refractivity contribution in [2.45, 2.75) is 24.9 Å². The first-order valence-corrected chi connectivity index (χ1v) is 7.23. The molecule has 0 fully saturated rings. The van der Waals surface area contributed by atoms with Gasteiger partial charge in [-0.1, -0.05) is 54.6 Å². The molecule has 0 aliphatic rings. The predicted molar refractivity (Wildman–Crippen MR) is 86.6 cm³/mol. The zero-order chi connectivity index (χ0) is 15.9. The third kappa shape index (κ3) is 4.35. The summed E-state index contributed by atoms with van der Waals surface area (Å²) in [5, 5.41) is 0. The monoisotopic (exact) mass is 296 g/mol. The van der Waals surface area contributed by atoms with E-state index in [2.05, 4.69) is 0 Å². The first-order valence-electron chi connectivity index (χ1n) is 7.23. The van der Waals surface area contributed by atoms with Crippen LogP contribution in [0.3, 0.4) is 0 Å². The smallest absolute Gasteiger partial charge is 0.179 e. The van der Waals surface area contributed by atoms with Gasteiger partial charge < -0.3 is 16.3 Å². The van der Waals surface area contributed by atoms with Crippen LogP contribution < -0.4 is 11.5 Å². The molecule has 0 radical (unpaired) electrons. The first kappa shape index (κ1) is 16.1. The highest BCUT2D eigenvalue weighted by Crippen LogP contribution is 2.10. The topological polar surface area (TPSA) is 86.2 Å². The molecule has 0 aliphatic carbocycles. The van der Waals surface area contributed by atoms with Gasteiger partial charge >= 0.3 is 0 Å². The minimum Gasteiger partial charge on any atom is -0.321 e. The molecule has 2 aromatic carbocycles. The van der Waals surface area contributed by atoms with Crippen LogP contribution >= 0.6 is 0 Å². The zero-order valence-corrected chi connectivity index (χ0v) is 12.3. The number of aldehydes is 1. The fourth-order valence-electron chi connectivity index (χ4n) is 2.30. The molecule has 4 nitrogen and oxygen atoms in total. The van der Waals surface area contributed by atoms with Gasteiger partial charge in [-0.2, -0.15) is 0 Å². The number of carbonyl (C=O) groups is 2. The van der Waals surface area contributed by atoms with E-state index in [9.17, 15) is 9.59 Å². The number of Topliss-reactive ketones (excluding diaryl/α,β-unsaturated/α-hetero) is 1. The van der Waals surface area contributed by atoms with Crippen molar-refractivity contribution in [3.05, 3.63) is 71.3 Å². The maximum atomic E-state index is 12.3. The number of hydrogen-bond acceptors (Lipinski definition) is 4. The average Bonchev–Trinajstić information content (AvgIpc) is 2.55. The molecule has 2 atom stereocenters. The minimum absolute atomic E-state index is 0.0879. The molecule has 0 bridgehead atoms. The second-order valence-corrected chi connectivity index (χ2v) is 5.36. The summed E-state index contributed by atoms with van der Waals surface area (Å²) in [6.07, 6.45) is 1.69. The molecule has 4 heteroatoms. The second-order valence-electron chi connectivity index (χ2n) is 5.36. The highest BCUT2D eigenvalue weighted by Gasteiger charge is 2.16. The maximum Gasteiger partial charge on any atom is 0.179 e. The van der Waals surface area contributed by atoms with Gasteiger partial charge in [0, 0.05) is 5.56 Å². The second kappa shape index (κ2) is 7.64. The summed E-state index contributed by atoms with van der Waals surface area (Å²) in [6.45, 7) is 0. The maximum absolute atomic E-state index is 12.3. The highest BCUT2D eigenvalue weighted by molar-refractivity contribution is 6.00. The lowest BCUT2D eigenvalue weighted by molar-refractivity contribution is -0.108. The van der Waals surface area contributed by atoms with Gasteiger partial charge in [0.25, 0.3) is 0 Å². The standard InChI is InChI=1S/C18H20N2O2/c19-16(12-21)10-14-6-8-15(9-7-14)18(22)17(20)11-13-4-2-1-3-5-13/h1-9,12,16-17H,10-11,19-20H2/t16-,17+/m1/s1. The van der Waals surface area contributed by atoms with Gasteiger partial charge in [-0.15, -0.1) is 0 Å². The lowest BCUT2D eigenvalue weighted by Gasteiger charge is -2.11. The van der Waals surface area contributed by atoms with E-state index in [1.54, 1.807) is 12.1 Å². The summed E-state index contributed by atoms with van der Waals surface area (Å²) in [5.74, 6) is -0.0879. The van der Waals surface area contributed by atoms with Crippen LogP contribution in [-0.4, -0.2) is 24.2 Å². The van der Waals surface area contributed by atoms with E-state index >= 15 is 0 Å². The van der Waals surface area contributed by atoms with Crippen molar-refractivity contribution in [3.63, 3.8) is 0 Å². The summed E-state index contributed by atoms with van der Waals surface area (Å²) in [7, 11) is 0. The van der Waals surface area contributed by atoms with Crippen molar-refractivity contribution in [1.82, 2.24) is 0 Å². The Kier molecular flexibility index (Phi) is 5.58. The molecule has 0 heterocycles. The molecule has 0 amide bonds. The fraction of sp³-hybridized carbons (Fsp3) is 0.222. The fourth-order valence-corrected chi connectivity index (χ4v) is 2.30. The number of benzene rings is 2. The molecule has 4 N–H and O–H groups in total. The van der Waals surface area contributed by atoms with Gasteiger partial charge in [0.15, 0.2) is 5.78 Å². The summed E-state index contributed by atoms with van der Waals surface area (Å²) in [4.78, 5) is 22.9. The molecule has 2 aromatic rings. The van der Waals surface area contributed by atoms with Gasteiger partial charge in [-0.05, 0) is 24.0 Å². The molecular weight excluding hydrogens is 276 g/mol. The molecule has 0 unspecified atom stereocenters. The van der Waals surface area contributed by atoms with Crippen LogP contribution in [0.2, 0.25) is 0 Å². The molecule has 114 valence electrons. The van der Waals surface area contributed by atoms with Crippen LogP contribution in [0, 0.1) is 0 Å². The van der Waals surface area contributed by atoms with Crippen molar-refractivity contribution < 1.29 is 9.59 Å². The Hall–Kier alpha value is -2.30. The normalized spacial score (nSPS) is 13.4. The van der Waals surface area contributed by atoms with E-state index < -0.39 is 12.1 Å². The van der Waals surface area contributed by atoms with E-state index in [1.165, 1.54) is 0 Å². The SMILES string of the molecule is N[C@@H](C=O)Cc1ccc(C(=O)[C@@H](N)Cc2ccccc2)cc1. The Bertz CT molecular complexity index is 623. The molecule has 0 aromatic heterocycles. The van der Waals surface area contributed by atoms with Crippen molar-refractivity contribution in [1.29, 1.82) is 0 Å². The van der Waals surface area contributed by atoms with E-state index in [-0.39, 0.29) is 5.78 Å². The van der Waals surface area contributed by atoms with E-state index in [0.717, 1.165) is 17.4 Å². The van der Waals surface area contributed by atoms with Crippen LogP contribution in [0.1, 0.15) is 21.5 Å². The van der Waals surface area contributed by atoms with Gasteiger partial charge in [0.05, 0.1) is 12.1 Å². The van der Waals surface area contributed by atoms with E-state index in [4.69, 9.17) is 11.5 Å². The summed E-state index contributed by atoms with van der Waals surface area (Å²) >= 11 is 0. The third-order valence-corrected chi connectivity index (χ3v) is 3.52. The van der Waals surface area contributed by atoms with Gasteiger partial charge in [0.2, 0.25) is 0 Å². The molecule has 0 spiro atoms. The predicted octanol–water partition coefficient (Wildman–Crippen LogP) is 1.51. The Morgan fingerprint density at radius 2 is 1.50 bits per heavy atom. The average molecular weight is 296 g/mol. The molecule has 0 aliphatic heterocycles. The summed E-state index contributed by atoms with van der Waals surface area (Å²) in [5.41, 5.74) is 14.1. The first-order chi connectivity index (χ1) is 10.6. The Morgan fingerprint density at radius 3 is 2.09 bits per heavy atom. The van der Waals surface area contributed by atoms with Crippen molar-refractivity contribution in [2.24, 2.45) is 11.5 Å². The molecule has 2 rings (SSSR count). The number of ketones is 1. The lowest BCUT2D eigenvalue weighted by atomic mass is 9.97. The summed E-state index contributed by atoms with van der Waals surface area (Å²) in [6, 6.07) is 15.7. The quantitative estimate of drug-likeness (QED) is 0.599. The number of hydrogen-bond donors (Lipinski definition) is 2. The molecule has 0 saturated heterocycles. The van der Waals surface area contributed by atoms with E-state index in [0.29, 0.717) is 18.4 Å². The number of rotatable bonds is 7. The third-order valence-electron chi connectivity index (χ3n) is 3.52. The molecule has 0 saturated carbocycles. The van der Waals surface area contributed by atoms with Gasteiger partial charge in [-0.3, -0.25) is 4.79 Å². The highest BCUT2D eigenvalue weighted by atomic mass is 16.1. The van der Waals surface area contributed by atoms with Crippen LogP contribution in [0.5, 0.6) is 0 Å². The van der Waals surface area contributed by atoms with Crippen molar-refractivity contribution in [2.75, 3.05) is 0 Å². The van der Waals surface area contributed by atoms with Crippen LogP contribution in [-0.2, 0) is 17.6 Å².